The minimum atomic E-state index is -3.36. The van der Waals surface area contributed by atoms with Gasteiger partial charge in [-0.1, -0.05) is 18.2 Å². The molecule has 0 saturated carbocycles. The van der Waals surface area contributed by atoms with Crippen LogP contribution in [0.5, 0.6) is 0 Å². The van der Waals surface area contributed by atoms with Gasteiger partial charge in [0.15, 0.2) is 9.84 Å². The highest BCUT2D eigenvalue weighted by molar-refractivity contribution is 7.90. The molecule has 14 heavy (non-hydrogen) atoms. The molecule has 1 aromatic carbocycles. The van der Waals surface area contributed by atoms with Gasteiger partial charge in [-0.05, 0) is 6.07 Å². The van der Waals surface area contributed by atoms with E-state index in [4.69, 9.17) is 5.11 Å². The summed E-state index contributed by atoms with van der Waals surface area (Å²) in [4.78, 5) is 0.0570. The van der Waals surface area contributed by atoms with Crippen molar-refractivity contribution in [3.05, 3.63) is 29.8 Å². The van der Waals surface area contributed by atoms with Gasteiger partial charge in [0.05, 0.1) is 11.5 Å². The second-order valence-electron chi connectivity index (χ2n) is 3.01. The molecule has 1 unspecified atom stereocenters. The van der Waals surface area contributed by atoms with Crippen LogP contribution in [0.3, 0.4) is 0 Å². The van der Waals surface area contributed by atoms with Gasteiger partial charge in [0, 0.05) is 11.8 Å². The van der Waals surface area contributed by atoms with Crippen molar-refractivity contribution < 1.29 is 18.6 Å². The Bertz CT molecular complexity index is 411. The number of aliphatic hydroxyl groups is 2. The summed E-state index contributed by atoms with van der Waals surface area (Å²) in [7, 11) is -3.36. The number of benzene rings is 1. The van der Waals surface area contributed by atoms with Crippen LogP contribution in [0.15, 0.2) is 29.2 Å². The van der Waals surface area contributed by atoms with Crippen molar-refractivity contribution in [1.29, 1.82) is 0 Å². The van der Waals surface area contributed by atoms with Crippen LogP contribution in [-0.2, 0) is 9.84 Å². The summed E-state index contributed by atoms with van der Waals surface area (Å²) in [5.74, 6) is 0. The fourth-order valence-corrected chi connectivity index (χ4v) is 2.15. The molecule has 1 atom stereocenters. The second-order valence-corrected chi connectivity index (χ2v) is 4.99. The predicted molar refractivity (Wildman–Crippen MR) is 51.6 cm³/mol. The van der Waals surface area contributed by atoms with Gasteiger partial charge < -0.3 is 10.2 Å². The summed E-state index contributed by atoms with van der Waals surface area (Å²) in [5.41, 5.74) is 0.234. The molecule has 78 valence electrons. The van der Waals surface area contributed by atoms with E-state index in [1.165, 1.54) is 12.1 Å². The maximum absolute atomic E-state index is 11.3. The van der Waals surface area contributed by atoms with Crippen LogP contribution >= 0.6 is 0 Å². The maximum atomic E-state index is 11.3. The lowest BCUT2D eigenvalue weighted by molar-refractivity contribution is 0.0935. The molecule has 0 aliphatic carbocycles. The normalized spacial score (nSPS) is 13.9. The zero-order valence-corrected chi connectivity index (χ0v) is 8.53. The van der Waals surface area contributed by atoms with E-state index in [1.54, 1.807) is 12.1 Å². The molecule has 0 aliphatic heterocycles. The van der Waals surface area contributed by atoms with Gasteiger partial charge in [0.25, 0.3) is 0 Å². The number of hydrogen-bond donors (Lipinski definition) is 2. The summed E-state index contributed by atoms with van der Waals surface area (Å²) < 4.78 is 22.6. The minimum Gasteiger partial charge on any atom is -0.393 e. The molecule has 0 amide bonds. The molecule has 0 fully saturated rings. The first-order valence-electron chi connectivity index (χ1n) is 4.04. The molecule has 4 nitrogen and oxygen atoms in total. The van der Waals surface area contributed by atoms with Gasteiger partial charge in [0.2, 0.25) is 0 Å². The molecule has 0 saturated heterocycles. The van der Waals surface area contributed by atoms with Crippen LogP contribution < -0.4 is 0 Å². The molecule has 0 radical (unpaired) electrons. The Morgan fingerprint density at radius 1 is 1.36 bits per heavy atom. The molecular formula is C9H12O4S. The molecule has 0 bridgehead atoms. The van der Waals surface area contributed by atoms with Crippen LogP contribution in [0, 0.1) is 0 Å². The zero-order valence-electron chi connectivity index (χ0n) is 7.71. The lowest BCUT2D eigenvalue weighted by atomic mass is 10.1. The highest BCUT2D eigenvalue weighted by Crippen LogP contribution is 2.21. The van der Waals surface area contributed by atoms with Crippen LogP contribution in [-0.4, -0.2) is 31.5 Å². The van der Waals surface area contributed by atoms with Gasteiger partial charge in [-0.25, -0.2) is 8.42 Å². The molecule has 1 rings (SSSR count). The van der Waals surface area contributed by atoms with Crippen molar-refractivity contribution in [3.63, 3.8) is 0 Å². The zero-order chi connectivity index (χ0) is 10.8. The number of sulfone groups is 1. The molecule has 0 aromatic heterocycles. The average molecular weight is 216 g/mol. The van der Waals surface area contributed by atoms with Crippen molar-refractivity contribution in [2.45, 2.75) is 11.0 Å². The molecule has 5 heteroatoms. The molecule has 0 spiro atoms. The van der Waals surface area contributed by atoms with E-state index in [0.717, 1.165) is 6.26 Å². The Kier molecular flexibility index (Phi) is 3.25. The number of aliphatic hydroxyl groups excluding tert-OH is 2. The SMILES string of the molecule is CS(=O)(=O)c1ccccc1C(O)CO. The first kappa shape index (κ1) is 11.2. The van der Waals surface area contributed by atoms with Gasteiger partial charge in [-0.15, -0.1) is 0 Å². The Morgan fingerprint density at radius 3 is 2.43 bits per heavy atom. The molecular weight excluding hydrogens is 204 g/mol. The van der Waals surface area contributed by atoms with Gasteiger partial charge in [-0.2, -0.15) is 0 Å². The highest BCUT2D eigenvalue weighted by atomic mass is 32.2. The fraction of sp³-hybridized carbons (Fsp3) is 0.333. The molecule has 2 N–H and O–H groups in total. The standard InChI is InChI=1S/C9H12O4S/c1-14(12,13)9-5-3-2-4-7(9)8(11)6-10/h2-5,8,10-11H,6H2,1H3. The summed E-state index contributed by atoms with van der Waals surface area (Å²) in [6, 6.07) is 6.08. The second kappa shape index (κ2) is 4.08. The van der Waals surface area contributed by atoms with E-state index < -0.39 is 22.5 Å². The summed E-state index contributed by atoms with van der Waals surface area (Å²) >= 11 is 0. The van der Waals surface area contributed by atoms with Crippen molar-refractivity contribution >= 4 is 9.84 Å². The van der Waals surface area contributed by atoms with Crippen molar-refractivity contribution in [3.8, 4) is 0 Å². The Labute approximate surface area is 82.7 Å². The van der Waals surface area contributed by atoms with E-state index in [2.05, 4.69) is 0 Å². The number of rotatable bonds is 3. The van der Waals surface area contributed by atoms with Crippen LogP contribution in [0.1, 0.15) is 11.7 Å². The van der Waals surface area contributed by atoms with E-state index in [9.17, 15) is 13.5 Å². The van der Waals surface area contributed by atoms with Crippen LogP contribution in [0.2, 0.25) is 0 Å². The Hall–Kier alpha value is -0.910. The highest BCUT2D eigenvalue weighted by Gasteiger charge is 2.17. The lowest BCUT2D eigenvalue weighted by Gasteiger charge is -2.11. The molecule has 0 aliphatic rings. The Balaban J connectivity index is 3.30. The third kappa shape index (κ3) is 2.31. The monoisotopic (exact) mass is 216 g/mol. The first-order chi connectivity index (χ1) is 6.46. The predicted octanol–water partition coefficient (Wildman–Crippen LogP) is 0.116. The minimum absolute atomic E-state index is 0.0570. The van der Waals surface area contributed by atoms with E-state index in [0.29, 0.717) is 0 Å². The van der Waals surface area contributed by atoms with E-state index >= 15 is 0 Å². The van der Waals surface area contributed by atoms with Crippen molar-refractivity contribution in [2.75, 3.05) is 12.9 Å². The summed E-state index contributed by atoms with van der Waals surface area (Å²) in [5, 5.41) is 18.1. The largest absolute Gasteiger partial charge is 0.393 e. The smallest absolute Gasteiger partial charge is 0.175 e. The van der Waals surface area contributed by atoms with Crippen molar-refractivity contribution in [1.82, 2.24) is 0 Å². The van der Waals surface area contributed by atoms with Crippen LogP contribution in [0.25, 0.3) is 0 Å². The van der Waals surface area contributed by atoms with Gasteiger partial charge >= 0.3 is 0 Å². The topological polar surface area (TPSA) is 74.6 Å². The van der Waals surface area contributed by atoms with Crippen molar-refractivity contribution in [2.24, 2.45) is 0 Å². The van der Waals surface area contributed by atoms with E-state index in [-0.39, 0.29) is 10.5 Å². The fourth-order valence-electron chi connectivity index (χ4n) is 1.19. The van der Waals surface area contributed by atoms with Gasteiger partial charge in [-0.3, -0.25) is 0 Å². The number of hydrogen-bond acceptors (Lipinski definition) is 4. The molecule has 1 aromatic rings. The summed E-state index contributed by atoms with van der Waals surface area (Å²) in [6.45, 7) is -0.494. The van der Waals surface area contributed by atoms with Crippen LogP contribution in [0.4, 0.5) is 0 Å². The summed E-state index contributed by atoms with van der Waals surface area (Å²) in [6.07, 6.45) is -0.0865. The Morgan fingerprint density at radius 2 is 1.93 bits per heavy atom. The quantitative estimate of drug-likeness (QED) is 0.752. The molecule has 0 heterocycles. The maximum Gasteiger partial charge on any atom is 0.175 e. The third-order valence-electron chi connectivity index (χ3n) is 1.85. The van der Waals surface area contributed by atoms with E-state index in [1.807, 2.05) is 0 Å². The first-order valence-corrected chi connectivity index (χ1v) is 5.94. The third-order valence-corrected chi connectivity index (χ3v) is 3.02. The average Bonchev–Trinajstić information content (AvgIpc) is 2.15. The van der Waals surface area contributed by atoms with Gasteiger partial charge in [0.1, 0.15) is 6.10 Å². The lowest BCUT2D eigenvalue weighted by Crippen LogP contribution is -2.09.